The number of imide groups is 1. The molecule has 0 aromatic heterocycles. The summed E-state index contributed by atoms with van der Waals surface area (Å²) in [6.45, 7) is 1.69. The smallest absolute Gasteiger partial charge is 0.326 e. The molecule has 4 rings (SSSR count). The van der Waals surface area contributed by atoms with Gasteiger partial charge in [-0.05, 0) is 42.8 Å². The van der Waals surface area contributed by atoms with E-state index < -0.39 is 18.2 Å². The third-order valence-electron chi connectivity index (χ3n) is 5.88. The average molecular weight is 608 g/mol. The molecule has 3 amide bonds. The van der Waals surface area contributed by atoms with Gasteiger partial charge in [0.2, 0.25) is 0 Å². The SMILES string of the molecule is COC(OC)c1cc(NC(=O)NC(=O)c2c(Cl)cccc2Cl)c(C)c(Cl)c1Oc1ccc(Cl)c2ccccc12. The standard InChI is InChI=1S/C28H22Cl4N2O5/c1-14-21(33-28(36)34-26(35)23-19(30)9-6-10-20(23)31)13-17(27(37-2)38-3)25(24(14)32)39-22-12-11-18(29)15-7-4-5-8-16(15)22/h4-13,27H,1-3H3,(H2,33,34,35,36). The van der Waals surface area contributed by atoms with Gasteiger partial charge in [0.15, 0.2) is 12.0 Å². The number of urea groups is 1. The molecule has 0 aliphatic rings. The van der Waals surface area contributed by atoms with Crippen molar-refractivity contribution in [2.45, 2.75) is 13.2 Å². The molecule has 202 valence electrons. The zero-order chi connectivity index (χ0) is 28.3. The third-order valence-corrected chi connectivity index (χ3v) is 7.30. The van der Waals surface area contributed by atoms with E-state index in [1.54, 1.807) is 31.2 Å². The number of rotatable bonds is 7. The molecule has 0 saturated heterocycles. The maximum Gasteiger partial charge on any atom is 0.326 e. The van der Waals surface area contributed by atoms with E-state index in [-0.39, 0.29) is 32.1 Å². The fourth-order valence-electron chi connectivity index (χ4n) is 3.97. The van der Waals surface area contributed by atoms with Crippen LogP contribution in [-0.2, 0) is 9.47 Å². The summed E-state index contributed by atoms with van der Waals surface area (Å²) >= 11 is 25.3. The Bertz CT molecular complexity index is 1550. The van der Waals surface area contributed by atoms with Crippen LogP contribution in [0, 0.1) is 6.92 Å². The maximum absolute atomic E-state index is 12.8. The Morgan fingerprint density at radius 3 is 2.10 bits per heavy atom. The first-order valence-electron chi connectivity index (χ1n) is 11.5. The topological polar surface area (TPSA) is 85.9 Å². The molecule has 0 radical (unpaired) electrons. The molecule has 0 saturated carbocycles. The summed E-state index contributed by atoms with van der Waals surface area (Å²) in [5.74, 6) is -0.00213. The first-order valence-corrected chi connectivity index (χ1v) is 13.0. The van der Waals surface area contributed by atoms with Gasteiger partial charge in [-0.25, -0.2) is 4.79 Å². The second-order valence-electron chi connectivity index (χ2n) is 8.28. The summed E-state index contributed by atoms with van der Waals surface area (Å²) in [4.78, 5) is 25.4. The number of fused-ring (bicyclic) bond motifs is 1. The van der Waals surface area contributed by atoms with Crippen molar-refractivity contribution in [3.8, 4) is 11.5 Å². The summed E-state index contributed by atoms with van der Waals surface area (Å²) in [6.07, 6.45) is -0.899. The van der Waals surface area contributed by atoms with Crippen LogP contribution in [0.15, 0.2) is 60.7 Å². The van der Waals surface area contributed by atoms with Gasteiger partial charge in [-0.15, -0.1) is 0 Å². The lowest BCUT2D eigenvalue weighted by Gasteiger charge is -2.23. The number of halogens is 4. The Morgan fingerprint density at radius 1 is 0.821 bits per heavy atom. The van der Waals surface area contributed by atoms with Gasteiger partial charge in [0, 0.05) is 35.7 Å². The lowest BCUT2D eigenvalue weighted by molar-refractivity contribution is -0.106. The van der Waals surface area contributed by atoms with Crippen molar-refractivity contribution in [1.82, 2.24) is 5.32 Å². The molecule has 2 N–H and O–H groups in total. The van der Waals surface area contributed by atoms with Crippen molar-refractivity contribution in [2.24, 2.45) is 0 Å². The van der Waals surface area contributed by atoms with Gasteiger partial charge >= 0.3 is 6.03 Å². The van der Waals surface area contributed by atoms with E-state index >= 15 is 0 Å². The largest absolute Gasteiger partial charge is 0.455 e. The van der Waals surface area contributed by atoms with Gasteiger partial charge in [0.25, 0.3) is 5.91 Å². The number of benzene rings is 4. The van der Waals surface area contributed by atoms with E-state index in [0.717, 1.165) is 10.8 Å². The molecule has 0 spiro atoms. The van der Waals surface area contributed by atoms with Gasteiger partial charge in [0.1, 0.15) is 5.75 Å². The Labute approximate surface area is 244 Å². The minimum Gasteiger partial charge on any atom is -0.455 e. The van der Waals surface area contributed by atoms with E-state index in [2.05, 4.69) is 10.6 Å². The molecule has 0 unspecified atom stereocenters. The lowest BCUT2D eigenvalue weighted by Crippen LogP contribution is -2.35. The zero-order valence-electron chi connectivity index (χ0n) is 20.9. The fourth-order valence-corrected chi connectivity index (χ4v) is 5.02. The zero-order valence-corrected chi connectivity index (χ0v) is 23.9. The van der Waals surface area contributed by atoms with E-state index in [1.807, 2.05) is 24.3 Å². The number of methoxy groups -OCH3 is 2. The average Bonchev–Trinajstić information content (AvgIpc) is 2.91. The fraction of sp³-hybridized carbons (Fsp3) is 0.143. The molecule has 4 aromatic rings. The van der Waals surface area contributed by atoms with Crippen LogP contribution in [0.3, 0.4) is 0 Å². The third kappa shape index (κ3) is 6.09. The van der Waals surface area contributed by atoms with Crippen LogP contribution in [0.25, 0.3) is 10.8 Å². The minimum absolute atomic E-state index is 0.0239. The number of amides is 3. The number of hydrogen-bond acceptors (Lipinski definition) is 5. The molecule has 0 aliphatic heterocycles. The van der Waals surface area contributed by atoms with Crippen LogP contribution < -0.4 is 15.4 Å². The van der Waals surface area contributed by atoms with Gasteiger partial charge in [-0.2, -0.15) is 0 Å². The lowest BCUT2D eigenvalue weighted by atomic mass is 10.1. The predicted molar refractivity (Wildman–Crippen MR) is 155 cm³/mol. The van der Waals surface area contributed by atoms with Crippen LogP contribution >= 0.6 is 46.4 Å². The number of anilines is 1. The highest BCUT2D eigenvalue weighted by atomic mass is 35.5. The molecule has 0 heterocycles. The first-order chi connectivity index (χ1) is 18.7. The predicted octanol–water partition coefficient (Wildman–Crippen LogP) is 8.81. The molecule has 7 nitrogen and oxygen atoms in total. The Hall–Kier alpha value is -3.04. The Kier molecular flexibility index (Phi) is 9.23. The van der Waals surface area contributed by atoms with Gasteiger partial charge < -0.3 is 19.5 Å². The number of ether oxygens (including phenoxy) is 3. The van der Waals surface area contributed by atoms with Gasteiger partial charge in [-0.1, -0.05) is 76.7 Å². The Morgan fingerprint density at radius 2 is 1.46 bits per heavy atom. The van der Waals surface area contributed by atoms with Crippen molar-refractivity contribution < 1.29 is 23.8 Å². The highest BCUT2D eigenvalue weighted by molar-refractivity contribution is 6.40. The molecular formula is C28H22Cl4N2O5. The number of carbonyl (C=O) groups is 2. The summed E-state index contributed by atoms with van der Waals surface area (Å²) in [5, 5.41) is 7.42. The maximum atomic E-state index is 12.8. The molecular weight excluding hydrogens is 586 g/mol. The molecule has 0 fully saturated rings. The van der Waals surface area contributed by atoms with E-state index in [9.17, 15) is 9.59 Å². The van der Waals surface area contributed by atoms with Gasteiger partial charge in [-0.3, -0.25) is 10.1 Å². The van der Waals surface area contributed by atoms with E-state index in [1.165, 1.54) is 26.4 Å². The molecule has 11 heteroatoms. The molecule has 0 bridgehead atoms. The second-order valence-corrected chi connectivity index (χ2v) is 9.88. The van der Waals surface area contributed by atoms with Crippen molar-refractivity contribution >= 4 is 74.8 Å². The highest BCUT2D eigenvalue weighted by Gasteiger charge is 2.25. The Balaban J connectivity index is 1.70. The highest BCUT2D eigenvalue weighted by Crippen LogP contribution is 2.44. The van der Waals surface area contributed by atoms with Crippen molar-refractivity contribution in [3.63, 3.8) is 0 Å². The summed E-state index contributed by atoms with van der Waals surface area (Å²) in [7, 11) is 2.91. The van der Waals surface area contributed by atoms with Crippen LogP contribution in [0.5, 0.6) is 11.5 Å². The molecule has 0 atom stereocenters. The van der Waals surface area contributed by atoms with Crippen molar-refractivity contribution in [2.75, 3.05) is 19.5 Å². The van der Waals surface area contributed by atoms with Crippen LogP contribution in [0.4, 0.5) is 10.5 Å². The normalized spacial score (nSPS) is 11.1. The first kappa shape index (κ1) is 29.0. The van der Waals surface area contributed by atoms with E-state index in [0.29, 0.717) is 21.9 Å². The number of carbonyl (C=O) groups excluding carboxylic acids is 2. The summed E-state index contributed by atoms with van der Waals surface area (Å²) in [6, 6.07) is 16.3. The number of nitrogens with one attached hydrogen (secondary N) is 2. The van der Waals surface area contributed by atoms with Crippen LogP contribution in [0.2, 0.25) is 20.1 Å². The van der Waals surface area contributed by atoms with Crippen LogP contribution in [-0.4, -0.2) is 26.2 Å². The van der Waals surface area contributed by atoms with Crippen LogP contribution in [0.1, 0.15) is 27.8 Å². The molecule has 4 aromatic carbocycles. The molecule has 0 aliphatic carbocycles. The second kappa shape index (κ2) is 12.4. The van der Waals surface area contributed by atoms with E-state index in [4.69, 9.17) is 60.6 Å². The quantitative estimate of drug-likeness (QED) is 0.205. The summed E-state index contributed by atoms with van der Waals surface area (Å²) in [5.41, 5.74) is 1.13. The number of hydrogen-bond donors (Lipinski definition) is 2. The summed E-state index contributed by atoms with van der Waals surface area (Å²) < 4.78 is 17.3. The van der Waals surface area contributed by atoms with Crippen molar-refractivity contribution in [1.29, 1.82) is 0 Å². The minimum atomic E-state index is -0.899. The monoisotopic (exact) mass is 606 g/mol. The van der Waals surface area contributed by atoms with Gasteiger partial charge in [0.05, 0.1) is 26.2 Å². The molecule has 39 heavy (non-hydrogen) atoms. The van der Waals surface area contributed by atoms with Crippen molar-refractivity contribution in [3.05, 3.63) is 97.4 Å².